The van der Waals surface area contributed by atoms with E-state index in [0.717, 1.165) is 48.1 Å². The van der Waals surface area contributed by atoms with E-state index in [1.807, 2.05) is 78.6 Å². The fraction of sp³-hybridized carbons (Fsp3) is 0.463. The van der Waals surface area contributed by atoms with Crippen LogP contribution < -0.4 is 20.9 Å². The van der Waals surface area contributed by atoms with Crippen LogP contribution in [0.3, 0.4) is 0 Å². The Morgan fingerprint density at radius 1 is 0.882 bits per heavy atom. The quantitative estimate of drug-likeness (QED) is 0.315. The summed E-state index contributed by atoms with van der Waals surface area (Å²) in [6, 6.07) is 25.1. The number of nitrogens with zero attached hydrogens (tertiary/aromatic N) is 3. The lowest BCUT2D eigenvalue weighted by molar-refractivity contribution is -0.141. The van der Waals surface area contributed by atoms with Gasteiger partial charge in [-0.2, -0.15) is 0 Å². The molecule has 3 aromatic carbocycles. The van der Waals surface area contributed by atoms with E-state index < -0.39 is 17.6 Å². The van der Waals surface area contributed by atoms with Crippen molar-refractivity contribution in [2.45, 2.75) is 94.9 Å². The summed E-state index contributed by atoms with van der Waals surface area (Å²) >= 11 is 0. The van der Waals surface area contributed by atoms with Crippen molar-refractivity contribution in [3.05, 3.63) is 101 Å². The van der Waals surface area contributed by atoms with Gasteiger partial charge in [0.05, 0.1) is 12.7 Å². The van der Waals surface area contributed by atoms with Crippen molar-refractivity contribution in [3.8, 4) is 0 Å². The highest BCUT2D eigenvalue weighted by Gasteiger charge is 2.54. The van der Waals surface area contributed by atoms with E-state index in [-0.39, 0.29) is 36.2 Å². The number of rotatable bonds is 9. The zero-order valence-electron chi connectivity index (χ0n) is 29.6. The van der Waals surface area contributed by atoms with Gasteiger partial charge in [-0.25, -0.2) is 0 Å². The van der Waals surface area contributed by atoms with Crippen LogP contribution in [0.5, 0.6) is 0 Å². The van der Waals surface area contributed by atoms with Gasteiger partial charge in [-0.05, 0) is 67.9 Å². The number of benzene rings is 3. The molecule has 4 aliphatic rings. The Bertz CT molecular complexity index is 1720. The third-order valence-electron chi connectivity index (χ3n) is 11.4. The molecule has 3 heterocycles. The zero-order chi connectivity index (χ0) is 35.4. The molecule has 7 rings (SSSR count). The van der Waals surface area contributed by atoms with Crippen molar-refractivity contribution >= 4 is 29.3 Å². The van der Waals surface area contributed by atoms with Crippen LogP contribution in [0.15, 0.2) is 78.9 Å². The van der Waals surface area contributed by atoms with Crippen LogP contribution in [-0.2, 0) is 38.6 Å². The minimum Gasteiger partial charge on any atom is -0.352 e. The number of fused-ring (bicyclic) bond motifs is 1. The van der Waals surface area contributed by atoms with Crippen molar-refractivity contribution in [2.75, 3.05) is 31.2 Å². The molecule has 10 heteroatoms. The summed E-state index contributed by atoms with van der Waals surface area (Å²) in [6.07, 6.45) is 7.21. The number of hydrogen-bond donors (Lipinski definition) is 3. The smallest absolute Gasteiger partial charge is 0.250 e. The van der Waals surface area contributed by atoms with Gasteiger partial charge in [0.15, 0.2) is 0 Å². The second-order valence-electron chi connectivity index (χ2n) is 14.8. The van der Waals surface area contributed by atoms with E-state index >= 15 is 0 Å². The van der Waals surface area contributed by atoms with Gasteiger partial charge in [-0.15, -0.1) is 0 Å². The van der Waals surface area contributed by atoms with Gasteiger partial charge in [0.2, 0.25) is 17.7 Å². The maximum atomic E-state index is 14.4. The molecule has 3 fully saturated rings. The van der Waals surface area contributed by atoms with E-state index in [9.17, 15) is 19.2 Å². The lowest BCUT2D eigenvalue weighted by Crippen LogP contribution is -2.60. The molecule has 10 nitrogen and oxygen atoms in total. The van der Waals surface area contributed by atoms with Gasteiger partial charge < -0.3 is 30.7 Å². The number of amides is 4. The van der Waals surface area contributed by atoms with E-state index in [2.05, 4.69) is 33.0 Å². The predicted octanol–water partition coefficient (Wildman–Crippen LogP) is 3.85. The summed E-state index contributed by atoms with van der Waals surface area (Å²) in [4.78, 5) is 61.2. The Balaban J connectivity index is 1.06. The molecule has 0 aromatic heterocycles. The molecule has 3 aromatic rings. The molecular weight excluding hydrogens is 640 g/mol. The average molecular weight is 691 g/mol. The topological polar surface area (TPSA) is 114 Å². The largest absolute Gasteiger partial charge is 0.352 e. The Morgan fingerprint density at radius 3 is 2.29 bits per heavy atom. The molecule has 3 aliphatic heterocycles. The van der Waals surface area contributed by atoms with Gasteiger partial charge in [0, 0.05) is 37.8 Å². The van der Waals surface area contributed by atoms with Crippen LogP contribution in [-0.4, -0.2) is 83.4 Å². The molecule has 2 atom stereocenters. The van der Waals surface area contributed by atoms with Crippen molar-refractivity contribution in [3.63, 3.8) is 0 Å². The number of likely N-dealkylation sites (tertiary alicyclic amines) is 1. The maximum Gasteiger partial charge on any atom is 0.250 e. The van der Waals surface area contributed by atoms with Crippen LogP contribution >= 0.6 is 0 Å². The monoisotopic (exact) mass is 690 g/mol. The lowest BCUT2D eigenvalue weighted by atomic mass is 9.85. The second kappa shape index (κ2) is 15.3. The summed E-state index contributed by atoms with van der Waals surface area (Å²) in [5.41, 5.74) is 4.49. The van der Waals surface area contributed by atoms with Crippen LogP contribution in [0, 0.1) is 6.92 Å². The zero-order valence-corrected chi connectivity index (χ0v) is 29.6. The number of hydrogen-bond acceptors (Lipinski definition) is 6. The molecular formula is C41H50N6O4. The summed E-state index contributed by atoms with van der Waals surface area (Å²) in [6.45, 7) is 3.70. The fourth-order valence-electron chi connectivity index (χ4n) is 8.41. The fourth-order valence-corrected chi connectivity index (χ4v) is 8.41. The highest BCUT2D eigenvalue weighted by atomic mass is 16.2. The Hall–Kier alpha value is -4.70. The first-order valence-corrected chi connectivity index (χ1v) is 18.7. The van der Waals surface area contributed by atoms with Gasteiger partial charge in [-0.3, -0.25) is 19.2 Å². The molecule has 1 spiro atoms. The number of anilines is 1. The minimum absolute atomic E-state index is 0.0212. The van der Waals surface area contributed by atoms with Gasteiger partial charge >= 0.3 is 0 Å². The maximum absolute atomic E-state index is 14.4. The molecule has 0 unspecified atom stereocenters. The van der Waals surface area contributed by atoms with Crippen LogP contribution in [0.1, 0.15) is 67.2 Å². The Kier molecular flexibility index (Phi) is 10.4. The second-order valence-corrected chi connectivity index (χ2v) is 14.8. The van der Waals surface area contributed by atoms with Crippen molar-refractivity contribution in [1.29, 1.82) is 0 Å². The van der Waals surface area contributed by atoms with Crippen molar-refractivity contribution in [2.24, 2.45) is 0 Å². The number of aryl methyl sites for hydroxylation is 1. The minimum atomic E-state index is -0.863. The number of piperidine rings is 1. The lowest BCUT2D eigenvalue weighted by Gasteiger charge is -2.44. The van der Waals surface area contributed by atoms with Crippen LogP contribution in [0.25, 0.3) is 0 Å². The van der Waals surface area contributed by atoms with Crippen molar-refractivity contribution < 1.29 is 19.2 Å². The Labute approximate surface area is 300 Å². The number of nitrogens with one attached hydrogen (secondary N) is 3. The SMILES string of the molecule is Cc1ccc(C[C@@H](NC(=O)[C@H]2Cc3ccccc3CN2)C(=O)N2CCC3(CC2)C(=O)N(CC(=O)NC2CCCCC2)CN3c2ccccc2)cc1. The summed E-state index contributed by atoms with van der Waals surface area (Å²) < 4.78 is 0. The first-order valence-electron chi connectivity index (χ1n) is 18.7. The predicted molar refractivity (Wildman–Crippen MR) is 197 cm³/mol. The molecule has 51 heavy (non-hydrogen) atoms. The molecule has 268 valence electrons. The van der Waals surface area contributed by atoms with E-state index in [0.29, 0.717) is 52.0 Å². The molecule has 1 saturated carbocycles. The highest BCUT2D eigenvalue weighted by Crippen LogP contribution is 2.39. The van der Waals surface area contributed by atoms with Gasteiger partial charge in [-0.1, -0.05) is 91.6 Å². The third-order valence-corrected chi connectivity index (χ3v) is 11.4. The molecule has 3 N–H and O–H groups in total. The first kappa shape index (κ1) is 34.7. The Morgan fingerprint density at radius 2 is 1.57 bits per heavy atom. The number of carbonyl (C=O) groups is 4. The molecule has 2 saturated heterocycles. The van der Waals surface area contributed by atoms with E-state index in [1.165, 1.54) is 12.0 Å². The summed E-state index contributed by atoms with van der Waals surface area (Å²) in [5, 5.41) is 9.65. The van der Waals surface area contributed by atoms with Gasteiger partial charge in [0.25, 0.3) is 5.91 Å². The summed E-state index contributed by atoms with van der Waals surface area (Å²) in [7, 11) is 0. The van der Waals surface area contributed by atoms with E-state index in [1.54, 1.807) is 4.90 Å². The van der Waals surface area contributed by atoms with Crippen LogP contribution in [0.4, 0.5) is 5.69 Å². The average Bonchev–Trinajstić information content (AvgIpc) is 3.41. The van der Waals surface area contributed by atoms with Gasteiger partial charge in [0.1, 0.15) is 18.1 Å². The van der Waals surface area contributed by atoms with E-state index in [4.69, 9.17) is 0 Å². The molecule has 1 aliphatic carbocycles. The van der Waals surface area contributed by atoms with Crippen molar-refractivity contribution in [1.82, 2.24) is 25.8 Å². The number of para-hydroxylation sites is 1. The molecule has 0 radical (unpaired) electrons. The molecule has 4 amide bonds. The summed E-state index contributed by atoms with van der Waals surface area (Å²) in [5.74, 6) is -0.508. The first-order chi connectivity index (χ1) is 24.8. The number of carbonyl (C=O) groups excluding carboxylic acids is 4. The third kappa shape index (κ3) is 7.66. The molecule has 0 bridgehead atoms. The highest BCUT2D eigenvalue weighted by molar-refractivity contribution is 5.97. The van der Waals surface area contributed by atoms with Crippen LogP contribution in [0.2, 0.25) is 0 Å². The standard InChI is InChI=1S/C41H50N6O4/c1-29-16-18-30(19-17-29)24-36(44-38(49)35-25-31-10-8-9-11-32(31)26-42-35)39(50)45-22-20-41(21-23-45)40(51)46(28-47(41)34-14-6-3-7-15-34)27-37(48)43-33-12-4-2-5-13-33/h3,6-11,14-19,33,35-36,42H,2,4-5,12-13,20-28H2,1H3,(H,43,48)(H,44,49)/t35-,36-/m1/s1. The normalized spacial score (nSPS) is 20.9.